The lowest BCUT2D eigenvalue weighted by Gasteiger charge is -2.07. The predicted octanol–water partition coefficient (Wildman–Crippen LogP) is 4.22. The number of nitrogens with one attached hydrogen (secondary N) is 1. The summed E-state index contributed by atoms with van der Waals surface area (Å²) in [4.78, 5) is 16.7. The number of amides is 1. The van der Waals surface area contributed by atoms with Crippen LogP contribution in [0.15, 0.2) is 78.9 Å². The Morgan fingerprint density at radius 3 is 2.35 bits per heavy atom. The highest BCUT2D eigenvalue weighted by Crippen LogP contribution is 2.13. The molecule has 0 bridgehead atoms. The minimum atomic E-state index is -0.375. The molecule has 7 heteroatoms. The number of para-hydroxylation sites is 1. The summed E-state index contributed by atoms with van der Waals surface area (Å²) in [5.41, 5.74) is 2.62. The molecule has 31 heavy (non-hydrogen) atoms. The lowest BCUT2D eigenvalue weighted by Crippen LogP contribution is -2.24. The van der Waals surface area contributed by atoms with Crippen molar-refractivity contribution in [3.63, 3.8) is 0 Å². The molecule has 0 aliphatic carbocycles. The summed E-state index contributed by atoms with van der Waals surface area (Å²) in [6, 6.07) is 23.3. The van der Waals surface area contributed by atoms with E-state index in [0.29, 0.717) is 24.7 Å². The Labute approximate surface area is 179 Å². The van der Waals surface area contributed by atoms with Crippen LogP contribution < -0.4 is 10.1 Å². The molecule has 0 saturated carbocycles. The molecule has 4 aromatic rings. The standard InChI is InChI=1S/C24H21FN4O2/c1-17-27-23(28-29(17)21-13-11-20(25)12-14-21)24(30)26-15-18-7-9-19(10-8-18)16-31-22-5-3-2-4-6-22/h2-14H,15-16H2,1H3,(H,26,30). The average Bonchev–Trinajstić information content (AvgIpc) is 3.19. The van der Waals surface area contributed by atoms with Crippen molar-refractivity contribution in [3.8, 4) is 11.4 Å². The topological polar surface area (TPSA) is 69.0 Å². The minimum absolute atomic E-state index is 0.0645. The highest BCUT2D eigenvalue weighted by Gasteiger charge is 2.15. The maximum atomic E-state index is 13.1. The van der Waals surface area contributed by atoms with Crippen LogP contribution in [0.1, 0.15) is 27.6 Å². The van der Waals surface area contributed by atoms with E-state index in [-0.39, 0.29) is 17.5 Å². The number of ether oxygens (including phenoxy) is 1. The monoisotopic (exact) mass is 416 g/mol. The maximum absolute atomic E-state index is 13.1. The molecule has 4 rings (SSSR count). The van der Waals surface area contributed by atoms with E-state index >= 15 is 0 Å². The molecule has 0 aliphatic rings. The fourth-order valence-electron chi connectivity index (χ4n) is 3.01. The summed E-state index contributed by atoms with van der Waals surface area (Å²) >= 11 is 0. The van der Waals surface area contributed by atoms with E-state index in [1.165, 1.54) is 16.8 Å². The molecule has 0 fully saturated rings. The normalized spacial score (nSPS) is 10.6. The van der Waals surface area contributed by atoms with Crippen LogP contribution >= 0.6 is 0 Å². The fourth-order valence-corrected chi connectivity index (χ4v) is 3.01. The van der Waals surface area contributed by atoms with Gasteiger partial charge in [-0.05, 0) is 54.4 Å². The second kappa shape index (κ2) is 9.21. The summed E-state index contributed by atoms with van der Waals surface area (Å²) in [5, 5.41) is 7.07. The van der Waals surface area contributed by atoms with Crippen LogP contribution in [0.2, 0.25) is 0 Å². The molecule has 0 radical (unpaired) electrons. The molecule has 1 amide bonds. The van der Waals surface area contributed by atoms with Crippen molar-refractivity contribution in [3.05, 3.63) is 107 Å². The van der Waals surface area contributed by atoms with Crippen LogP contribution in [0.4, 0.5) is 4.39 Å². The number of rotatable bonds is 7. The van der Waals surface area contributed by atoms with Gasteiger partial charge in [-0.2, -0.15) is 0 Å². The maximum Gasteiger partial charge on any atom is 0.291 e. The molecule has 1 heterocycles. The van der Waals surface area contributed by atoms with Gasteiger partial charge in [0, 0.05) is 6.54 Å². The number of aryl methyl sites for hydroxylation is 1. The third kappa shape index (κ3) is 5.14. The van der Waals surface area contributed by atoms with Gasteiger partial charge < -0.3 is 10.1 Å². The Morgan fingerprint density at radius 1 is 0.968 bits per heavy atom. The summed E-state index contributed by atoms with van der Waals surface area (Å²) in [7, 11) is 0. The molecule has 1 N–H and O–H groups in total. The van der Waals surface area contributed by atoms with Crippen LogP contribution in [-0.2, 0) is 13.2 Å². The van der Waals surface area contributed by atoms with Gasteiger partial charge in [-0.25, -0.2) is 14.1 Å². The lowest BCUT2D eigenvalue weighted by atomic mass is 10.1. The first-order valence-corrected chi connectivity index (χ1v) is 9.82. The molecular formula is C24H21FN4O2. The summed E-state index contributed by atoms with van der Waals surface area (Å²) in [5.74, 6) is 0.716. The Hall–Kier alpha value is -4.00. The SMILES string of the molecule is Cc1nc(C(=O)NCc2ccc(COc3ccccc3)cc2)nn1-c1ccc(F)cc1. The number of hydrogen-bond donors (Lipinski definition) is 1. The largest absolute Gasteiger partial charge is 0.489 e. The number of benzene rings is 3. The van der Waals surface area contributed by atoms with E-state index < -0.39 is 0 Å². The van der Waals surface area contributed by atoms with E-state index in [0.717, 1.165) is 16.9 Å². The number of carbonyl (C=O) groups is 1. The summed E-state index contributed by atoms with van der Waals surface area (Å²) in [6.45, 7) is 2.56. The van der Waals surface area contributed by atoms with Crippen molar-refractivity contribution in [2.45, 2.75) is 20.1 Å². The zero-order chi connectivity index (χ0) is 21.6. The molecule has 156 valence electrons. The van der Waals surface area contributed by atoms with Crippen LogP contribution in [0.25, 0.3) is 5.69 Å². The van der Waals surface area contributed by atoms with Gasteiger partial charge in [-0.15, -0.1) is 5.10 Å². The molecule has 0 aliphatic heterocycles. The van der Waals surface area contributed by atoms with E-state index in [9.17, 15) is 9.18 Å². The lowest BCUT2D eigenvalue weighted by molar-refractivity contribution is 0.0940. The van der Waals surface area contributed by atoms with E-state index in [2.05, 4.69) is 15.4 Å². The van der Waals surface area contributed by atoms with Crippen LogP contribution in [0.5, 0.6) is 5.75 Å². The number of hydrogen-bond acceptors (Lipinski definition) is 4. The van der Waals surface area contributed by atoms with Crippen molar-refractivity contribution in [1.82, 2.24) is 20.1 Å². The molecule has 6 nitrogen and oxygen atoms in total. The third-order valence-corrected chi connectivity index (χ3v) is 4.67. The van der Waals surface area contributed by atoms with Gasteiger partial charge in [0.05, 0.1) is 5.69 Å². The van der Waals surface area contributed by atoms with Crippen LogP contribution in [-0.4, -0.2) is 20.7 Å². The Morgan fingerprint density at radius 2 is 1.65 bits per heavy atom. The van der Waals surface area contributed by atoms with Crippen LogP contribution in [0.3, 0.4) is 0 Å². The summed E-state index contributed by atoms with van der Waals surface area (Å²) in [6.07, 6.45) is 0. The van der Waals surface area contributed by atoms with Gasteiger partial charge in [0.2, 0.25) is 5.82 Å². The average molecular weight is 416 g/mol. The molecule has 0 atom stereocenters. The number of carbonyl (C=O) groups excluding carboxylic acids is 1. The molecule has 0 spiro atoms. The second-order valence-corrected chi connectivity index (χ2v) is 6.97. The Balaban J connectivity index is 1.33. The van der Waals surface area contributed by atoms with E-state index in [1.54, 1.807) is 19.1 Å². The molecule has 0 unspecified atom stereocenters. The van der Waals surface area contributed by atoms with Gasteiger partial charge in [0.15, 0.2) is 0 Å². The molecule has 0 saturated heterocycles. The molecular weight excluding hydrogens is 395 g/mol. The molecule has 1 aromatic heterocycles. The van der Waals surface area contributed by atoms with Crippen LogP contribution in [0, 0.1) is 12.7 Å². The first-order chi connectivity index (χ1) is 15.1. The first-order valence-electron chi connectivity index (χ1n) is 9.82. The van der Waals surface area contributed by atoms with Crippen molar-refractivity contribution >= 4 is 5.91 Å². The fraction of sp³-hybridized carbons (Fsp3) is 0.125. The Bertz CT molecular complexity index is 1160. The summed E-state index contributed by atoms with van der Waals surface area (Å²) < 4.78 is 20.4. The number of halogens is 1. The zero-order valence-electron chi connectivity index (χ0n) is 17.0. The smallest absolute Gasteiger partial charge is 0.291 e. The second-order valence-electron chi connectivity index (χ2n) is 6.97. The van der Waals surface area contributed by atoms with Crippen molar-refractivity contribution in [1.29, 1.82) is 0 Å². The van der Waals surface area contributed by atoms with Crippen molar-refractivity contribution < 1.29 is 13.9 Å². The van der Waals surface area contributed by atoms with Gasteiger partial charge in [-0.3, -0.25) is 4.79 Å². The Kier molecular flexibility index (Phi) is 6.03. The van der Waals surface area contributed by atoms with Crippen molar-refractivity contribution in [2.24, 2.45) is 0 Å². The zero-order valence-corrected chi connectivity index (χ0v) is 17.0. The van der Waals surface area contributed by atoms with Gasteiger partial charge in [0.1, 0.15) is 24.0 Å². The number of aromatic nitrogens is 3. The highest BCUT2D eigenvalue weighted by atomic mass is 19.1. The van der Waals surface area contributed by atoms with E-state index in [4.69, 9.17) is 4.74 Å². The molecule has 3 aromatic carbocycles. The van der Waals surface area contributed by atoms with E-state index in [1.807, 2.05) is 54.6 Å². The van der Waals surface area contributed by atoms with Crippen molar-refractivity contribution in [2.75, 3.05) is 0 Å². The first kappa shape index (κ1) is 20.3. The number of nitrogens with zero attached hydrogens (tertiary/aromatic N) is 3. The minimum Gasteiger partial charge on any atom is -0.489 e. The predicted molar refractivity (Wildman–Crippen MR) is 114 cm³/mol. The highest BCUT2D eigenvalue weighted by molar-refractivity contribution is 5.90. The van der Waals surface area contributed by atoms with Gasteiger partial charge in [-0.1, -0.05) is 42.5 Å². The quantitative estimate of drug-likeness (QED) is 0.490. The van der Waals surface area contributed by atoms with Gasteiger partial charge in [0.25, 0.3) is 5.91 Å². The van der Waals surface area contributed by atoms with Gasteiger partial charge >= 0.3 is 0 Å². The third-order valence-electron chi connectivity index (χ3n) is 4.67.